The molecule has 6 heteroatoms. The number of rotatable bonds is 2. The number of nitrogens with zero attached hydrogens (tertiary/aromatic N) is 1. The summed E-state index contributed by atoms with van der Waals surface area (Å²) in [6.45, 7) is 1.80. The Balaban J connectivity index is 1.98. The van der Waals surface area contributed by atoms with Crippen LogP contribution in [0.25, 0.3) is 0 Å². The summed E-state index contributed by atoms with van der Waals surface area (Å²) in [5, 5.41) is 1.29. The Bertz CT molecular complexity index is 677. The van der Waals surface area contributed by atoms with Crippen LogP contribution in [0.15, 0.2) is 18.2 Å². The van der Waals surface area contributed by atoms with E-state index in [0.717, 1.165) is 31.2 Å². The molecule has 2 amide bonds. The van der Waals surface area contributed by atoms with Crippen LogP contribution >= 0.6 is 0 Å². The second kappa shape index (κ2) is 5.68. The van der Waals surface area contributed by atoms with E-state index in [1.165, 1.54) is 12.1 Å². The van der Waals surface area contributed by atoms with Gasteiger partial charge in [-0.1, -0.05) is 18.9 Å². The summed E-state index contributed by atoms with van der Waals surface area (Å²) < 4.78 is 4.77. The van der Waals surface area contributed by atoms with E-state index in [2.05, 4.69) is 5.43 Å². The van der Waals surface area contributed by atoms with E-state index in [1.54, 1.807) is 25.1 Å². The highest BCUT2D eigenvalue weighted by Crippen LogP contribution is 2.44. The number of anilines is 1. The van der Waals surface area contributed by atoms with Crippen molar-refractivity contribution >= 4 is 23.5 Å². The van der Waals surface area contributed by atoms with Gasteiger partial charge in [-0.15, -0.1) is 0 Å². The van der Waals surface area contributed by atoms with Crippen LogP contribution in [-0.2, 0) is 14.3 Å². The van der Waals surface area contributed by atoms with E-state index in [9.17, 15) is 14.4 Å². The van der Waals surface area contributed by atoms with Crippen LogP contribution in [0.1, 0.15) is 48.0 Å². The highest BCUT2D eigenvalue weighted by Gasteiger charge is 2.49. The maximum absolute atomic E-state index is 12.9. The molecule has 2 fully saturated rings. The van der Waals surface area contributed by atoms with E-state index < -0.39 is 11.4 Å². The lowest BCUT2D eigenvalue weighted by Crippen LogP contribution is -2.59. The molecule has 2 aliphatic rings. The topological polar surface area (TPSA) is 75.7 Å². The minimum absolute atomic E-state index is 0.0886. The lowest BCUT2D eigenvalue weighted by atomic mass is 9.80. The number of hydrazine groups is 1. The second-order valence-corrected chi connectivity index (χ2v) is 6.33. The van der Waals surface area contributed by atoms with Gasteiger partial charge in [0.2, 0.25) is 5.91 Å². The molecule has 1 spiro atoms. The third kappa shape index (κ3) is 2.58. The van der Waals surface area contributed by atoms with Crippen molar-refractivity contribution in [3.8, 4) is 0 Å². The Labute approximate surface area is 134 Å². The van der Waals surface area contributed by atoms with Gasteiger partial charge in [0, 0.05) is 6.42 Å². The molecule has 1 aromatic carbocycles. The van der Waals surface area contributed by atoms with Crippen molar-refractivity contribution in [3.63, 3.8) is 0 Å². The average Bonchev–Trinajstić information content (AvgIpc) is 3.00. The zero-order valence-electron chi connectivity index (χ0n) is 13.3. The summed E-state index contributed by atoms with van der Waals surface area (Å²) in [5.41, 5.74) is 3.68. The van der Waals surface area contributed by atoms with Gasteiger partial charge in [0.1, 0.15) is 0 Å². The van der Waals surface area contributed by atoms with E-state index in [4.69, 9.17) is 4.74 Å². The minimum atomic E-state index is -0.585. The molecular weight excluding hydrogens is 296 g/mol. The molecule has 1 aromatic rings. The molecule has 1 heterocycles. The van der Waals surface area contributed by atoms with Gasteiger partial charge in [-0.2, -0.15) is 0 Å². The van der Waals surface area contributed by atoms with E-state index >= 15 is 0 Å². The summed E-state index contributed by atoms with van der Waals surface area (Å²) in [6.07, 6.45) is 3.66. The van der Waals surface area contributed by atoms with Crippen molar-refractivity contribution in [2.24, 2.45) is 5.41 Å². The van der Waals surface area contributed by atoms with Gasteiger partial charge in [0.25, 0.3) is 5.91 Å². The fraction of sp³-hybridized carbons (Fsp3) is 0.471. The SMILES string of the molecule is COC(=O)c1cc(N2NC(=O)CC3(CCCC3)C2=O)ccc1C. The maximum atomic E-state index is 12.9. The second-order valence-electron chi connectivity index (χ2n) is 6.33. The normalized spacial score (nSPS) is 19.8. The Kier molecular flexibility index (Phi) is 3.83. The minimum Gasteiger partial charge on any atom is -0.465 e. The lowest BCUT2D eigenvalue weighted by Gasteiger charge is -2.39. The predicted octanol–water partition coefficient (Wildman–Crippen LogP) is 2.11. The van der Waals surface area contributed by atoms with Crippen LogP contribution in [0.2, 0.25) is 0 Å². The first kappa shape index (κ1) is 15.5. The van der Waals surface area contributed by atoms with Crippen LogP contribution in [0, 0.1) is 12.3 Å². The van der Waals surface area contributed by atoms with Crippen LogP contribution in [0.5, 0.6) is 0 Å². The monoisotopic (exact) mass is 316 g/mol. The highest BCUT2D eigenvalue weighted by molar-refractivity contribution is 6.06. The van der Waals surface area contributed by atoms with E-state index in [-0.39, 0.29) is 18.2 Å². The summed E-state index contributed by atoms with van der Waals surface area (Å²) in [7, 11) is 1.32. The first-order valence-electron chi connectivity index (χ1n) is 7.80. The van der Waals surface area contributed by atoms with Gasteiger partial charge in [-0.3, -0.25) is 15.0 Å². The van der Waals surface area contributed by atoms with E-state index in [0.29, 0.717) is 11.3 Å². The smallest absolute Gasteiger partial charge is 0.338 e. The number of benzene rings is 1. The van der Waals surface area contributed by atoms with Gasteiger partial charge < -0.3 is 4.74 Å². The maximum Gasteiger partial charge on any atom is 0.338 e. The average molecular weight is 316 g/mol. The number of aryl methyl sites for hydroxylation is 1. The van der Waals surface area contributed by atoms with Gasteiger partial charge in [0.05, 0.1) is 23.8 Å². The standard InChI is InChI=1S/C17H20N2O4/c1-11-5-6-12(9-13(11)15(21)23-2)19-16(22)17(7-3-4-8-17)10-14(20)18-19/h5-6,9H,3-4,7-8,10H2,1-2H3,(H,18,20). The number of amides is 2. The first-order chi connectivity index (χ1) is 11.0. The molecular formula is C17H20N2O4. The first-order valence-corrected chi connectivity index (χ1v) is 7.80. The molecule has 1 saturated heterocycles. The molecule has 0 radical (unpaired) electrons. The van der Waals surface area contributed by atoms with Crippen molar-refractivity contribution < 1.29 is 19.1 Å². The molecule has 0 aromatic heterocycles. The molecule has 1 N–H and O–H groups in total. The number of carbonyl (C=O) groups is 3. The van der Waals surface area contributed by atoms with Crippen LogP contribution < -0.4 is 10.4 Å². The predicted molar refractivity (Wildman–Crippen MR) is 83.7 cm³/mol. The molecule has 23 heavy (non-hydrogen) atoms. The lowest BCUT2D eigenvalue weighted by molar-refractivity contribution is -0.140. The van der Waals surface area contributed by atoms with Gasteiger partial charge >= 0.3 is 5.97 Å². The Morgan fingerprint density at radius 1 is 1.26 bits per heavy atom. The molecule has 122 valence electrons. The molecule has 1 aliphatic heterocycles. The summed E-state index contributed by atoms with van der Waals surface area (Å²) >= 11 is 0. The molecule has 6 nitrogen and oxygen atoms in total. The number of nitrogens with one attached hydrogen (secondary N) is 1. The van der Waals surface area contributed by atoms with Crippen LogP contribution in [-0.4, -0.2) is 24.9 Å². The highest BCUT2D eigenvalue weighted by atomic mass is 16.5. The molecule has 0 bridgehead atoms. The summed E-state index contributed by atoms with van der Waals surface area (Å²) in [4.78, 5) is 36.9. The fourth-order valence-electron chi connectivity index (χ4n) is 3.54. The van der Waals surface area contributed by atoms with Crippen LogP contribution in [0.3, 0.4) is 0 Å². The zero-order valence-corrected chi connectivity index (χ0v) is 13.3. The molecule has 3 rings (SSSR count). The Morgan fingerprint density at radius 3 is 2.61 bits per heavy atom. The van der Waals surface area contributed by atoms with Gasteiger partial charge in [-0.05, 0) is 37.5 Å². The third-order valence-corrected chi connectivity index (χ3v) is 4.84. The largest absolute Gasteiger partial charge is 0.465 e. The summed E-state index contributed by atoms with van der Waals surface area (Å²) in [6, 6.07) is 5.07. The molecule has 1 saturated carbocycles. The van der Waals surface area contributed by atoms with E-state index in [1.807, 2.05) is 0 Å². The quantitative estimate of drug-likeness (QED) is 0.848. The third-order valence-electron chi connectivity index (χ3n) is 4.84. The number of esters is 1. The van der Waals surface area contributed by atoms with Crippen LogP contribution in [0.4, 0.5) is 5.69 Å². The van der Waals surface area contributed by atoms with Gasteiger partial charge in [-0.25, -0.2) is 9.80 Å². The van der Waals surface area contributed by atoms with Crippen molar-refractivity contribution in [1.82, 2.24) is 5.43 Å². The number of ether oxygens (including phenoxy) is 1. The molecule has 0 unspecified atom stereocenters. The van der Waals surface area contributed by atoms with Gasteiger partial charge in [0.15, 0.2) is 0 Å². The van der Waals surface area contributed by atoms with Crippen molar-refractivity contribution in [3.05, 3.63) is 29.3 Å². The Morgan fingerprint density at radius 2 is 1.96 bits per heavy atom. The summed E-state index contributed by atoms with van der Waals surface area (Å²) in [5.74, 6) is -0.711. The fourth-order valence-corrected chi connectivity index (χ4v) is 3.54. The van der Waals surface area contributed by atoms with Crippen molar-refractivity contribution in [1.29, 1.82) is 0 Å². The molecule has 0 atom stereocenters. The Hall–Kier alpha value is -2.37. The molecule has 1 aliphatic carbocycles. The zero-order chi connectivity index (χ0) is 16.6. The number of hydrogen-bond donors (Lipinski definition) is 1. The number of methoxy groups -OCH3 is 1. The number of carbonyl (C=O) groups excluding carboxylic acids is 3. The van der Waals surface area contributed by atoms with Crippen molar-refractivity contribution in [2.45, 2.75) is 39.0 Å². The number of hydrogen-bond acceptors (Lipinski definition) is 4. The van der Waals surface area contributed by atoms with Crippen molar-refractivity contribution in [2.75, 3.05) is 12.1 Å².